The highest BCUT2D eigenvalue weighted by Crippen LogP contribution is 2.19. The normalized spacial score (nSPS) is 20.5. The predicted octanol–water partition coefficient (Wildman–Crippen LogP) is 1.23. The Bertz CT molecular complexity index is 358. The van der Waals surface area contributed by atoms with E-state index >= 15 is 0 Å². The number of aromatic nitrogens is 1. The fourth-order valence-electron chi connectivity index (χ4n) is 2.24. The first-order chi connectivity index (χ1) is 8.29. The van der Waals surface area contributed by atoms with Crippen molar-refractivity contribution in [2.45, 2.75) is 25.3 Å². The van der Waals surface area contributed by atoms with Crippen molar-refractivity contribution in [1.82, 2.24) is 9.88 Å². The van der Waals surface area contributed by atoms with Crippen molar-refractivity contribution in [3.8, 4) is 5.75 Å². The van der Waals surface area contributed by atoms with Gasteiger partial charge in [0.05, 0.1) is 6.61 Å². The maximum atomic E-state index is 5.70. The first-order valence-electron chi connectivity index (χ1n) is 6.05. The van der Waals surface area contributed by atoms with Gasteiger partial charge < -0.3 is 15.1 Å². The summed E-state index contributed by atoms with van der Waals surface area (Å²) in [6.45, 7) is 1.95. The van der Waals surface area contributed by atoms with Gasteiger partial charge in [-0.05, 0) is 38.9 Å². The first-order valence-corrected chi connectivity index (χ1v) is 6.05. The number of likely N-dealkylation sites (tertiary alicyclic amines) is 1. The lowest BCUT2D eigenvalue weighted by atomic mass is 10.1. The Hall–Kier alpha value is -1.33. The molecule has 1 unspecified atom stereocenters. The third-order valence-electron chi connectivity index (χ3n) is 3.27. The number of pyridine rings is 1. The van der Waals surface area contributed by atoms with E-state index in [-0.39, 0.29) is 0 Å². The van der Waals surface area contributed by atoms with E-state index in [1.165, 1.54) is 19.4 Å². The Balaban J connectivity index is 1.77. The van der Waals surface area contributed by atoms with Crippen LogP contribution in [0.5, 0.6) is 5.75 Å². The van der Waals surface area contributed by atoms with Gasteiger partial charge in [0.2, 0.25) is 0 Å². The Labute approximate surface area is 102 Å². The summed E-state index contributed by atoms with van der Waals surface area (Å²) in [4.78, 5) is 6.44. The molecule has 1 aliphatic rings. The van der Waals surface area contributed by atoms with Gasteiger partial charge >= 0.3 is 0 Å². The number of hydrazine groups is 1. The van der Waals surface area contributed by atoms with Gasteiger partial charge in [-0.1, -0.05) is 0 Å². The molecule has 17 heavy (non-hydrogen) atoms. The van der Waals surface area contributed by atoms with E-state index in [1.54, 1.807) is 12.3 Å². The van der Waals surface area contributed by atoms with Crippen molar-refractivity contribution >= 4 is 5.82 Å². The molecule has 0 aromatic carbocycles. The van der Waals surface area contributed by atoms with Crippen LogP contribution in [0.1, 0.15) is 19.3 Å². The number of ether oxygens (including phenoxy) is 1. The van der Waals surface area contributed by atoms with Crippen LogP contribution in [-0.4, -0.2) is 36.1 Å². The summed E-state index contributed by atoms with van der Waals surface area (Å²) in [5.74, 6) is 6.73. The third kappa shape index (κ3) is 3.31. The highest BCUT2D eigenvalue weighted by Gasteiger charge is 2.20. The standard InChI is InChI=1S/C12H20N4O/c1-16-7-2-3-10(16)5-8-17-11-4-6-14-12(9-11)15-13/h4,6,9-10H,2-3,5,7-8,13H2,1H3,(H,14,15). The molecule has 1 aromatic heterocycles. The molecule has 0 bridgehead atoms. The second kappa shape index (κ2) is 5.84. The van der Waals surface area contributed by atoms with E-state index in [4.69, 9.17) is 10.6 Å². The summed E-state index contributed by atoms with van der Waals surface area (Å²) >= 11 is 0. The van der Waals surface area contributed by atoms with Crippen LogP contribution in [0.4, 0.5) is 5.82 Å². The first kappa shape index (κ1) is 12.1. The second-order valence-electron chi connectivity index (χ2n) is 4.43. The number of nitrogen functional groups attached to an aromatic ring is 1. The van der Waals surface area contributed by atoms with Crippen LogP contribution < -0.4 is 16.0 Å². The number of rotatable bonds is 5. The van der Waals surface area contributed by atoms with Gasteiger partial charge in [0, 0.05) is 18.3 Å². The minimum Gasteiger partial charge on any atom is -0.493 e. The highest BCUT2D eigenvalue weighted by atomic mass is 16.5. The van der Waals surface area contributed by atoms with Gasteiger partial charge in [-0.25, -0.2) is 10.8 Å². The topological polar surface area (TPSA) is 63.4 Å². The number of nitrogens with zero attached hydrogens (tertiary/aromatic N) is 2. The minimum absolute atomic E-state index is 0.625. The maximum absolute atomic E-state index is 5.70. The van der Waals surface area contributed by atoms with Crippen molar-refractivity contribution in [3.05, 3.63) is 18.3 Å². The molecule has 1 fully saturated rings. The third-order valence-corrected chi connectivity index (χ3v) is 3.27. The van der Waals surface area contributed by atoms with Gasteiger partial charge in [-0.3, -0.25) is 0 Å². The van der Waals surface area contributed by atoms with E-state index in [0.717, 1.165) is 18.8 Å². The molecule has 1 saturated heterocycles. The van der Waals surface area contributed by atoms with E-state index in [9.17, 15) is 0 Å². The lowest BCUT2D eigenvalue weighted by Crippen LogP contribution is -2.26. The number of nitrogens with one attached hydrogen (secondary N) is 1. The summed E-state index contributed by atoms with van der Waals surface area (Å²) in [5, 5.41) is 0. The van der Waals surface area contributed by atoms with Crippen molar-refractivity contribution in [1.29, 1.82) is 0 Å². The zero-order valence-electron chi connectivity index (χ0n) is 10.2. The summed E-state index contributed by atoms with van der Waals surface area (Å²) in [7, 11) is 2.18. The molecular formula is C12H20N4O. The van der Waals surface area contributed by atoms with Gasteiger partial charge in [-0.2, -0.15) is 0 Å². The zero-order valence-corrected chi connectivity index (χ0v) is 10.2. The molecule has 2 rings (SSSR count). The van der Waals surface area contributed by atoms with Crippen LogP contribution in [0.3, 0.4) is 0 Å². The Kier molecular flexibility index (Phi) is 4.17. The summed E-state index contributed by atoms with van der Waals surface area (Å²) in [6.07, 6.45) is 5.35. The average molecular weight is 236 g/mol. The molecule has 0 saturated carbocycles. The molecule has 5 heteroatoms. The lowest BCUT2D eigenvalue weighted by molar-refractivity contribution is 0.233. The van der Waals surface area contributed by atoms with E-state index in [1.807, 2.05) is 6.07 Å². The summed E-state index contributed by atoms with van der Waals surface area (Å²) in [5.41, 5.74) is 2.51. The number of hydrogen-bond donors (Lipinski definition) is 2. The molecule has 0 amide bonds. The smallest absolute Gasteiger partial charge is 0.143 e. The van der Waals surface area contributed by atoms with Crippen molar-refractivity contribution in [2.75, 3.05) is 25.6 Å². The monoisotopic (exact) mass is 236 g/mol. The second-order valence-corrected chi connectivity index (χ2v) is 4.43. The van der Waals surface area contributed by atoms with Gasteiger partial charge in [0.1, 0.15) is 11.6 Å². The number of hydrogen-bond acceptors (Lipinski definition) is 5. The Morgan fingerprint density at radius 2 is 2.53 bits per heavy atom. The highest BCUT2D eigenvalue weighted by molar-refractivity contribution is 5.39. The lowest BCUT2D eigenvalue weighted by Gasteiger charge is -2.19. The summed E-state index contributed by atoms with van der Waals surface area (Å²) in [6, 6.07) is 4.32. The van der Waals surface area contributed by atoms with E-state index in [2.05, 4.69) is 22.4 Å². The van der Waals surface area contributed by atoms with Crippen LogP contribution in [0.25, 0.3) is 0 Å². The number of anilines is 1. The van der Waals surface area contributed by atoms with Gasteiger partial charge in [0.25, 0.3) is 0 Å². The summed E-state index contributed by atoms with van der Waals surface area (Å²) < 4.78 is 5.70. The van der Waals surface area contributed by atoms with Crippen molar-refractivity contribution in [2.24, 2.45) is 5.84 Å². The van der Waals surface area contributed by atoms with Gasteiger partial charge in [0.15, 0.2) is 0 Å². The Morgan fingerprint density at radius 1 is 1.65 bits per heavy atom. The maximum Gasteiger partial charge on any atom is 0.143 e. The molecule has 0 aliphatic carbocycles. The average Bonchev–Trinajstić information content (AvgIpc) is 2.76. The fraction of sp³-hybridized carbons (Fsp3) is 0.583. The molecule has 3 N–H and O–H groups in total. The Morgan fingerprint density at radius 3 is 3.24 bits per heavy atom. The van der Waals surface area contributed by atoms with E-state index in [0.29, 0.717) is 11.9 Å². The molecule has 1 atom stereocenters. The molecule has 1 aromatic rings. The van der Waals surface area contributed by atoms with Crippen LogP contribution in [0.15, 0.2) is 18.3 Å². The zero-order chi connectivity index (χ0) is 12.1. The molecule has 94 valence electrons. The molecule has 0 spiro atoms. The van der Waals surface area contributed by atoms with Crippen LogP contribution in [0.2, 0.25) is 0 Å². The SMILES string of the molecule is CN1CCCC1CCOc1ccnc(NN)c1. The molecular weight excluding hydrogens is 216 g/mol. The number of nitrogens with two attached hydrogens (primary N) is 1. The van der Waals surface area contributed by atoms with Crippen molar-refractivity contribution < 1.29 is 4.74 Å². The predicted molar refractivity (Wildman–Crippen MR) is 67.8 cm³/mol. The molecule has 1 aliphatic heterocycles. The van der Waals surface area contributed by atoms with Crippen LogP contribution in [-0.2, 0) is 0 Å². The van der Waals surface area contributed by atoms with Crippen LogP contribution >= 0.6 is 0 Å². The molecule has 5 nitrogen and oxygen atoms in total. The minimum atomic E-state index is 0.625. The molecule has 2 heterocycles. The van der Waals surface area contributed by atoms with Crippen LogP contribution in [0, 0.1) is 0 Å². The van der Waals surface area contributed by atoms with E-state index < -0.39 is 0 Å². The molecule has 0 radical (unpaired) electrons. The van der Waals surface area contributed by atoms with Crippen molar-refractivity contribution in [3.63, 3.8) is 0 Å². The van der Waals surface area contributed by atoms with Gasteiger partial charge in [-0.15, -0.1) is 0 Å². The largest absolute Gasteiger partial charge is 0.493 e. The fourth-order valence-corrected chi connectivity index (χ4v) is 2.24. The quantitative estimate of drug-likeness (QED) is 0.594.